The fourth-order valence-corrected chi connectivity index (χ4v) is 1.48. The van der Waals surface area contributed by atoms with E-state index in [0.717, 1.165) is 17.3 Å². The van der Waals surface area contributed by atoms with E-state index in [0.29, 0.717) is 12.2 Å². The molecule has 2 aromatic rings. The molecular formula is C12H13NO2. The SMILES string of the molecule is CCCC(=O)Oc1ccc2[nH]ccc2c1. The largest absolute Gasteiger partial charge is 0.427 e. The number of ether oxygens (including phenoxy) is 1. The Balaban J connectivity index is 2.17. The number of benzene rings is 1. The summed E-state index contributed by atoms with van der Waals surface area (Å²) in [4.78, 5) is 14.3. The van der Waals surface area contributed by atoms with Crippen molar-refractivity contribution in [2.75, 3.05) is 0 Å². The molecule has 0 aliphatic heterocycles. The summed E-state index contributed by atoms with van der Waals surface area (Å²) in [6, 6.07) is 7.52. The third kappa shape index (κ3) is 2.18. The van der Waals surface area contributed by atoms with E-state index in [4.69, 9.17) is 4.74 Å². The highest BCUT2D eigenvalue weighted by Crippen LogP contribution is 2.19. The van der Waals surface area contributed by atoms with E-state index in [1.807, 2.05) is 31.3 Å². The molecule has 15 heavy (non-hydrogen) atoms. The standard InChI is InChI=1S/C12H13NO2/c1-2-3-12(14)15-10-4-5-11-9(8-10)6-7-13-11/h4-8,13H,2-3H2,1H3. The topological polar surface area (TPSA) is 42.1 Å². The molecule has 0 bridgehead atoms. The van der Waals surface area contributed by atoms with Crippen molar-refractivity contribution < 1.29 is 9.53 Å². The van der Waals surface area contributed by atoms with Gasteiger partial charge in [-0.05, 0) is 30.7 Å². The number of carbonyl (C=O) groups is 1. The number of nitrogens with one attached hydrogen (secondary N) is 1. The summed E-state index contributed by atoms with van der Waals surface area (Å²) in [6.07, 6.45) is 3.14. The molecule has 0 radical (unpaired) electrons. The number of hydrogen-bond donors (Lipinski definition) is 1. The average molecular weight is 203 g/mol. The molecule has 1 aromatic heterocycles. The van der Waals surface area contributed by atoms with Crippen molar-refractivity contribution in [1.82, 2.24) is 4.98 Å². The second-order valence-corrected chi connectivity index (χ2v) is 3.45. The molecule has 3 nitrogen and oxygen atoms in total. The molecule has 0 atom stereocenters. The Kier molecular flexibility index (Phi) is 2.72. The molecule has 0 aliphatic rings. The van der Waals surface area contributed by atoms with Crippen molar-refractivity contribution >= 4 is 16.9 Å². The highest BCUT2D eigenvalue weighted by molar-refractivity contribution is 5.82. The van der Waals surface area contributed by atoms with Crippen LogP contribution in [0.15, 0.2) is 30.5 Å². The van der Waals surface area contributed by atoms with Crippen LogP contribution in [0.3, 0.4) is 0 Å². The van der Waals surface area contributed by atoms with E-state index in [1.165, 1.54) is 0 Å². The van der Waals surface area contributed by atoms with Gasteiger partial charge in [0.2, 0.25) is 0 Å². The molecule has 1 N–H and O–H groups in total. The van der Waals surface area contributed by atoms with Crippen LogP contribution in [-0.2, 0) is 4.79 Å². The molecule has 0 unspecified atom stereocenters. The highest BCUT2D eigenvalue weighted by Gasteiger charge is 2.04. The minimum atomic E-state index is -0.174. The summed E-state index contributed by atoms with van der Waals surface area (Å²) in [7, 11) is 0. The molecule has 1 aromatic carbocycles. The van der Waals surface area contributed by atoms with Gasteiger partial charge in [-0.2, -0.15) is 0 Å². The molecule has 0 amide bonds. The second-order valence-electron chi connectivity index (χ2n) is 3.45. The zero-order chi connectivity index (χ0) is 10.7. The summed E-state index contributed by atoms with van der Waals surface area (Å²) >= 11 is 0. The lowest BCUT2D eigenvalue weighted by Gasteiger charge is -2.02. The lowest BCUT2D eigenvalue weighted by molar-refractivity contribution is -0.134. The van der Waals surface area contributed by atoms with Crippen molar-refractivity contribution in [3.63, 3.8) is 0 Å². The fourth-order valence-electron chi connectivity index (χ4n) is 1.48. The van der Waals surface area contributed by atoms with Crippen LogP contribution >= 0.6 is 0 Å². The summed E-state index contributed by atoms with van der Waals surface area (Å²) in [6.45, 7) is 1.95. The average Bonchev–Trinajstić information content (AvgIpc) is 2.65. The molecule has 0 spiro atoms. The number of carbonyl (C=O) groups excluding carboxylic acids is 1. The summed E-state index contributed by atoms with van der Waals surface area (Å²) in [5.41, 5.74) is 1.05. The Bertz CT molecular complexity index is 473. The minimum Gasteiger partial charge on any atom is -0.427 e. The predicted molar refractivity (Wildman–Crippen MR) is 58.8 cm³/mol. The Labute approximate surface area is 88.1 Å². The van der Waals surface area contributed by atoms with Crippen LogP contribution in [0, 0.1) is 0 Å². The molecule has 0 fully saturated rings. The van der Waals surface area contributed by atoms with E-state index in [-0.39, 0.29) is 5.97 Å². The smallest absolute Gasteiger partial charge is 0.311 e. The van der Waals surface area contributed by atoms with Crippen LogP contribution in [0.25, 0.3) is 10.9 Å². The molecule has 0 saturated heterocycles. The Morgan fingerprint density at radius 3 is 3.07 bits per heavy atom. The van der Waals surface area contributed by atoms with Crippen LogP contribution in [0.2, 0.25) is 0 Å². The van der Waals surface area contributed by atoms with Crippen molar-refractivity contribution in [2.24, 2.45) is 0 Å². The number of fused-ring (bicyclic) bond motifs is 1. The van der Waals surface area contributed by atoms with Gasteiger partial charge in [0, 0.05) is 23.5 Å². The molecule has 78 valence electrons. The van der Waals surface area contributed by atoms with Gasteiger partial charge in [-0.25, -0.2) is 0 Å². The van der Waals surface area contributed by atoms with Gasteiger partial charge in [0.1, 0.15) is 5.75 Å². The highest BCUT2D eigenvalue weighted by atomic mass is 16.5. The van der Waals surface area contributed by atoms with Crippen LogP contribution in [0.4, 0.5) is 0 Å². The van der Waals surface area contributed by atoms with Crippen LogP contribution in [0.5, 0.6) is 5.75 Å². The second kappa shape index (κ2) is 4.17. The Morgan fingerprint density at radius 1 is 1.40 bits per heavy atom. The van der Waals surface area contributed by atoms with Crippen molar-refractivity contribution in [2.45, 2.75) is 19.8 Å². The van der Waals surface area contributed by atoms with Crippen molar-refractivity contribution in [1.29, 1.82) is 0 Å². The third-order valence-corrected chi connectivity index (χ3v) is 2.21. The number of hydrogen-bond acceptors (Lipinski definition) is 2. The van der Waals surface area contributed by atoms with Crippen LogP contribution in [0.1, 0.15) is 19.8 Å². The van der Waals surface area contributed by atoms with Crippen molar-refractivity contribution in [3.05, 3.63) is 30.5 Å². The molecular weight excluding hydrogens is 190 g/mol. The maximum Gasteiger partial charge on any atom is 0.311 e. The summed E-state index contributed by atoms with van der Waals surface area (Å²) < 4.78 is 5.18. The Hall–Kier alpha value is -1.77. The molecule has 2 rings (SSSR count). The quantitative estimate of drug-likeness (QED) is 0.615. The van der Waals surface area contributed by atoms with Gasteiger partial charge in [0.05, 0.1) is 0 Å². The van der Waals surface area contributed by atoms with Crippen LogP contribution in [-0.4, -0.2) is 11.0 Å². The van der Waals surface area contributed by atoms with E-state index < -0.39 is 0 Å². The number of aromatic amines is 1. The lowest BCUT2D eigenvalue weighted by Crippen LogP contribution is -2.06. The van der Waals surface area contributed by atoms with Gasteiger partial charge in [-0.15, -0.1) is 0 Å². The number of H-pyrrole nitrogens is 1. The zero-order valence-electron chi connectivity index (χ0n) is 8.62. The number of rotatable bonds is 3. The zero-order valence-corrected chi connectivity index (χ0v) is 8.62. The lowest BCUT2D eigenvalue weighted by atomic mass is 10.2. The fraction of sp³-hybridized carbons (Fsp3) is 0.250. The summed E-state index contributed by atoms with van der Waals surface area (Å²) in [5.74, 6) is 0.438. The number of esters is 1. The third-order valence-electron chi connectivity index (χ3n) is 2.21. The molecule has 3 heteroatoms. The minimum absolute atomic E-state index is 0.174. The molecule has 1 heterocycles. The van der Waals surface area contributed by atoms with Gasteiger partial charge >= 0.3 is 5.97 Å². The maximum atomic E-state index is 11.3. The van der Waals surface area contributed by atoms with Crippen LogP contribution < -0.4 is 4.74 Å². The van der Waals surface area contributed by atoms with Gasteiger partial charge in [0.15, 0.2) is 0 Å². The van der Waals surface area contributed by atoms with Gasteiger partial charge in [-0.3, -0.25) is 4.79 Å². The van der Waals surface area contributed by atoms with E-state index in [1.54, 1.807) is 6.07 Å². The maximum absolute atomic E-state index is 11.3. The van der Waals surface area contributed by atoms with Crippen molar-refractivity contribution in [3.8, 4) is 5.75 Å². The first-order chi connectivity index (χ1) is 7.29. The van der Waals surface area contributed by atoms with E-state index in [2.05, 4.69) is 4.98 Å². The normalized spacial score (nSPS) is 10.5. The first-order valence-corrected chi connectivity index (χ1v) is 5.07. The monoisotopic (exact) mass is 203 g/mol. The van der Waals surface area contributed by atoms with Gasteiger partial charge in [0.25, 0.3) is 0 Å². The molecule has 0 aliphatic carbocycles. The summed E-state index contributed by atoms with van der Waals surface area (Å²) in [5, 5.41) is 1.05. The Morgan fingerprint density at radius 2 is 2.27 bits per heavy atom. The van der Waals surface area contributed by atoms with Gasteiger partial charge < -0.3 is 9.72 Å². The molecule has 0 saturated carbocycles. The van der Waals surface area contributed by atoms with Gasteiger partial charge in [-0.1, -0.05) is 6.92 Å². The number of aromatic nitrogens is 1. The van der Waals surface area contributed by atoms with E-state index in [9.17, 15) is 4.79 Å². The first-order valence-electron chi connectivity index (χ1n) is 5.07. The van der Waals surface area contributed by atoms with E-state index >= 15 is 0 Å². The first kappa shape index (κ1) is 9.77. The predicted octanol–water partition coefficient (Wildman–Crippen LogP) is 2.87.